The number of hydrogen-bond acceptors (Lipinski definition) is 5. The van der Waals surface area contributed by atoms with Crippen LogP contribution in [0.25, 0.3) is 0 Å². The number of nitrogens with zero attached hydrogens (tertiary/aromatic N) is 3. The zero-order chi connectivity index (χ0) is 15.5. The lowest BCUT2D eigenvalue weighted by molar-refractivity contribution is -0.144. The summed E-state index contributed by atoms with van der Waals surface area (Å²) in [5, 5.41) is 12.3. The number of likely N-dealkylation sites (N-methyl/N-ethyl adjacent to an activating group) is 1. The first kappa shape index (κ1) is 16.0. The minimum Gasteiger partial charge on any atom is -0.409 e. The zero-order valence-electron chi connectivity index (χ0n) is 12.9. The van der Waals surface area contributed by atoms with Crippen molar-refractivity contribution in [3.05, 3.63) is 0 Å². The number of rotatable bonds is 2. The summed E-state index contributed by atoms with van der Waals surface area (Å²) in [6.45, 7) is 5.52. The fraction of sp³-hybridized carbons (Fsp3) is 0.857. The molecule has 3 N–H and O–H groups in total. The molecule has 0 aromatic rings. The predicted octanol–water partition coefficient (Wildman–Crippen LogP) is 0.0822. The summed E-state index contributed by atoms with van der Waals surface area (Å²) >= 11 is 0. The Balaban J connectivity index is 2.25. The molecule has 1 unspecified atom stereocenters. The average Bonchev–Trinajstić information content (AvgIpc) is 2.66. The van der Waals surface area contributed by atoms with Gasteiger partial charge in [0.05, 0.1) is 0 Å². The Morgan fingerprint density at radius 1 is 1.38 bits per heavy atom. The van der Waals surface area contributed by atoms with Crippen LogP contribution < -0.4 is 5.73 Å². The van der Waals surface area contributed by atoms with E-state index >= 15 is 0 Å². The minimum atomic E-state index is -0.913. The van der Waals surface area contributed by atoms with Crippen molar-refractivity contribution in [2.75, 3.05) is 39.9 Å². The van der Waals surface area contributed by atoms with Gasteiger partial charge in [-0.2, -0.15) is 0 Å². The van der Waals surface area contributed by atoms with Crippen molar-refractivity contribution in [3.8, 4) is 0 Å². The van der Waals surface area contributed by atoms with Gasteiger partial charge in [0.15, 0.2) is 5.84 Å². The fourth-order valence-corrected chi connectivity index (χ4v) is 3.34. The lowest BCUT2D eigenvalue weighted by Gasteiger charge is -2.40. The van der Waals surface area contributed by atoms with Gasteiger partial charge >= 0.3 is 0 Å². The van der Waals surface area contributed by atoms with E-state index in [0.717, 1.165) is 19.5 Å². The quantitative estimate of drug-likeness (QED) is 0.326. The van der Waals surface area contributed by atoms with Gasteiger partial charge in [0, 0.05) is 32.3 Å². The third-order valence-electron chi connectivity index (χ3n) is 4.66. The van der Waals surface area contributed by atoms with E-state index < -0.39 is 5.41 Å². The molecule has 0 spiro atoms. The molecule has 0 aliphatic carbocycles. The number of amidine groups is 1. The molecule has 2 heterocycles. The van der Waals surface area contributed by atoms with Crippen molar-refractivity contribution < 1.29 is 14.7 Å². The van der Waals surface area contributed by atoms with Crippen molar-refractivity contribution in [1.82, 2.24) is 9.80 Å². The van der Waals surface area contributed by atoms with Crippen molar-refractivity contribution in [3.63, 3.8) is 0 Å². The molecule has 1 atom stereocenters. The highest BCUT2D eigenvalue weighted by Crippen LogP contribution is 2.34. The molecule has 0 aromatic heterocycles. The molecule has 2 aliphatic heterocycles. The Morgan fingerprint density at radius 3 is 2.67 bits per heavy atom. The Kier molecular flexibility index (Phi) is 5.05. The standard InChI is InChI=1S/C14H26N4O3/c1-11-10-17(2)6-3-7-18(11)13(19)14(12(15)16-20)4-8-21-9-5-14/h11,20H,3-10H2,1-2H3,(H2,15,16). The second-order valence-electron chi connectivity index (χ2n) is 6.14. The van der Waals surface area contributed by atoms with Crippen LogP contribution in [0.1, 0.15) is 26.2 Å². The van der Waals surface area contributed by atoms with Gasteiger partial charge in [-0.15, -0.1) is 0 Å². The first-order valence-electron chi connectivity index (χ1n) is 7.56. The summed E-state index contributed by atoms with van der Waals surface area (Å²) in [5.41, 5.74) is 4.98. The number of hydrogen-bond donors (Lipinski definition) is 2. The van der Waals surface area contributed by atoms with E-state index in [0.29, 0.717) is 32.6 Å². The largest absolute Gasteiger partial charge is 0.409 e. The summed E-state index contributed by atoms with van der Waals surface area (Å²) < 4.78 is 5.35. The molecule has 0 saturated carbocycles. The molecule has 0 bridgehead atoms. The lowest BCUT2D eigenvalue weighted by Crippen LogP contribution is -2.56. The van der Waals surface area contributed by atoms with Crippen LogP contribution in [0.4, 0.5) is 0 Å². The van der Waals surface area contributed by atoms with E-state index in [4.69, 9.17) is 15.7 Å². The van der Waals surface area contributed by atoms with E-state index in [1.165, 1.54) is 0 Å². The van der Waals surface area contributed by atoms with E-state index in [9.17, 15) is 4.79 Å². The molecular weight excluding hydrogens is 272 g/mol. The van der Waals surface area contributed by atoms with Crippen molar-refractivity contribution in [2.24, 2.45) is 16.3 Å². The summed E-state index contributed by atoms with van der Waals surface area (Å²) in [7, 11) is 2.07. The molecule has 0 aromatic carbocycles. The first-order chi connectivity index (χ1) is 10.0. The van der Waals surface area contributed by atoms with E-state index in [-0.39, 0.29) is 17.8 Å². The van der Waals surface area contributed by atoms with Gasteiger partial charge in [0.25, 0.3) is 0 Å². The molecule has 0 radical (unpaired) electrons. The van der Waals surface area contributed by atoms with E-state index in [2.05, 4.69) is 24.0 Å². The number of oxime groups is 1. The van der Waals surface area contributed by atoms with Crippen molar-refractivity contribution in [2.45, 2.75) is 32.2 Å². The Hall–Kier alpha value is -1.34. The maximum Gasteiger partial charge on any atom is 0.236 e. The maximum absolute atomic E-state index is 13.1. The highest BCUT2D eigenvalue weighted by atomic mass is 16.5. The molecule has 2 aliphatic rings. The monoisotopic (exact) mass is 298 g/mol. The second kappa shape index (κ2) is 6.62. The van der Waals surface area contributed by atoms with Crippen LogP contribution in [0.5, 0.6) is 0 Å². The molecule has 7 nitrogen and oxygen atoms in total. The van der Waals surface area contributed by atoms with Crippen LogP contribution in [0, 0.1) is 5.41 Å². The smallest absolute Gasteiger partial charge is 0.236 e. The lowest BCUT2D eigenvalue weighted by atomic mass is 9.77. The molecule has 2 rings (SSSR count). The number of ether oxygens (including phenoxy) is 1. The summed E-state index contributed by atoms with van der Waals surface area (Å²) in [4.78, 5) is 17.3. The Bertz CT molecular complexity index is 407. The fourth-order valence-electron chi connectivity index (χ4n) is 3.34. The van der Waals surface area contributed by atoms with Gasteiger partial charge in [-0.05, 0) is 39.8 Å². The summed E-state index contributed by atoms with van der Waals surface area (Å²) in [6.07, 6.45) is 1.89. The molecule has 7 heteroatoms. The maximum atomic E-state index is 13.1. The van der Waals surface area contributed by atoms with E-state index in [1.807, 2.05) is 4.90 Å². The van der Waals surface area contributed by atoms with Gasteiger partial charge < -0.3 is 25.5 Å². The molecule has 2 saturated heterocycles. The third kappa shape index (κ3) is 3.13. The second-order valence-corrected chi connectivity index (χ2v) is 6.14. The van der Waals surface area contributed by atoms with Crippen molar-refractivity contribution in [1.29, 1.82) is 0 Å². The average molecular weight is 298 g/mol. The topological polar surface area (TPSA) is 91.4 Å². The van der Waals surface area contributed by atoms with Crippen LogP contribution >= 0.6 is 0 Å². The molecule has 2 fully saturated rings. The van der Waals surface area contributed by atoms with Crippen LogP contribution in [-0.4, -0.2) is 72.7 Å². The van der Waals surface area contributed by atoms with Gasteiger partial charge in [0.2, 0.25) is 5.91 Å². The summed E-state index contributed by atoms with van der Waals surface area (Å²) in [6, 6.07) is 0.121. The van der Waals surface area contributed by atoms with Crippen LogP contribution in [-0.2, 0) is 9.53 Å². The van der Waals surface area contributed by atoms with Gasteiger partial charge in [-0.3, -0.25) is 4.79 Å². The van der Waals surface area contributed by atoms with E-state index in [1.54, 1.807) is 0 Å². The SMILES string of the molecule is CC1CN(C)CCCN1C(=O)C1(C(N)=NO)CCOCC1. The van der Waals surface area contributed by atoms with Gasteiger partial charge in [0.1, 0.15) is 5.41 Å². The molecule has 120 valence electrons. The molecular formula is C14H26N4O3. The number of nitrogens with two attached hydrogens (primary N) is 1. The van der Waals surface area contributed by atoms with Crippen LogP contribution in [0.3, 0.4) is 0 Å². The predicted molar refractivity (Wildman–Crippen MR) is 79.2 cm³/mol. The number of amides is 1. The number of carbonyl (C=O) groups is 1. The Labute approximate surface area is 125 Å². The molecule has 21 heavy (non-hydrogen) atoms. The van der Waals surface area contributed by atoms with Crippen LogP contribution in [0.2, 0.25) is 0 Å². The highest BCUT2D eigenvalue weighted by Gasteiger charge is 2.47. The van der Waals surface area contributed by atoms with Crippen molar-refractivity contribution >= 4 is 11.7 Å². The first-order valence-corrected chi connectivity index (χ1v) is 7.56. The zero-order valence-corrected chi connectivity index (χ0v) is 12.9. The Morgan fingerprint density at radius 2 is 2.05 bits per heavy atom. The van der Waals surface area contributed by atoms with Crippen LogP contribution in [0.15, 0.2) is 5.16 Å². The highest BCUT2D eigenvalue weighted by molar-refractivity contribution is 6.07. The normalized spacial score (nSPS) is 28.2. The minimum absolute atomic E-state index is 0.0144. The van der Waals surface area contributed by atoms with Gasteiger partial charge in [-0.25, -0.2) is 0 Å². The number of carbonyl (C=O) groups excluding carboxylic acids is 1. The van der Waals surface area contributed by atoms with Gasteiger partial charge in [-0.1, -0.05) is 5.16 Å². The summed E-state index contributed by atoms with van der Waals surface area (Å²) in [5.74, 6) is -0.00972. The molecule has 1 amide bonds. The third-order valence-corrected chi connectivity index (χ3v) is 4.66.